The summed E-state index contributed by atoms with van der Waals surface area (Å²) in [7, 11) is 0. The molecule has 0 aliphatic carbocycles. The Morgan fingerprint density at radius 1 is 1.14 bits per heavy atom. The van der Waals surface area contributed by atoms with Crippen molar-refractivity contribution in [3.05, 3.63) is 64.0 Å². The molecule has 2 aromatic carbocycles. The van der Waals surface area contributed by atoms with Gasteiger partial charge in [0.25, 0.3) is 5.56 Å². The van der Waals surface area contributed by atoms with Gasteiger partial charge in [0, 0.05) is 17.2 Å². The molecule has 0 unspecified atom stereocenters. The molecule has 3 rings (SSSR count). The number of benzene rings is 2. The number of halogens is 3. The van der Waals surface area contributed by atoms with Crippen molar-refractivity contribution >= 4 is 10.9 Å². The van der Waals surface area contributed by atoms with Crippen LogP contribution in [0.4, 0.5) is 13.2 Å². The maximum absolute atomic E-state index is 14.6. The number of nitrogens with zero attached hydrogens (tertiary/aromatic N) is 1. The van der Waals surface area contributed by atoms with Crippen LogP contribution in [-0.4, -0.2) is 9.97 Å². The van der Waals surface area contributed by atoms with Gasteiger partial charge in [-0.05, 0) is 30.7 Å². The van der Waals surface area contributed by atoms with E-state index in [0.29, 0.717) is 11.6 Å². The number of rotatable bonds is 1. The Morgan fingerprint density at radius 3 is 2.62 bits per heavy atom. The number of nitrogens with one attached hydrogen (secondary N) is 1. The van der Waals surface area contributed by atoms with Crippen LogP contribution in [0.1, 0.15) is 5.56 Å². The van der Waals surface area contributed by atoms with E-state index in [-0.39, 0.29) is 22.0 Å². The molecule has 0 amide bonds. The number of aromatic amines is 1. The molecule has 1 heterocycles. The molecule has 1 N–H and O–H groups in total. The lowest BCUT2D eigenvalue weighted by Crippen LogP contribution is -2.08. The van der Waals surface area contributed by atoms with Crippen LogP contribution in [0.5, 0.6) is 0 Å². The first-order valence-electron chi connectivity index (χ1n) is 6.11. The third kappa shape index (κ3) is 2.08. The van der Waals surface area contributed by atoms with Crippen LogP contribution in [0.2, 0.25) is 0 Å². The van der Waals surface area contributed by atoms with E-state index in [2.05, 4.69) is 9.97 Å². The lowest BCUT2D eigenvalue weighted by atomic mass is 9.97. The number of aromatic nitrogens is 2. The van der Waals surface area contributed by atoms with Gasteiger partial charge in [0.1, 0.15) is 17.2 Å². The lowest BCUT2D eigenvalue weighted by molar-refractivity contribution is 0.583. The molecule has 0 atom stereocenters. The standard InChI is InChI=1S/C15H9F3N2O/c1-7-4-10-14(19-6-20-15(10)21)13(18)12(7)9-3-2-8(16)5-11(9)17/h2-6H,1H3,(H,19,20,21). The van der Waals surface area contributed by atoms with E-state index in [4.69, 9.17) is 0 Å². The molecule has 0 spiro atoms. The fourth-order valence-corrected chi connectivity index (χ4v) is 2.32. The molecule has 6 heteroatoms. The molecule has 0 aliphatic rings. The Kier molecular flexibility index (Phi) is 3.01. The highest BCUT2D eigenvalue weighted by Crippen LogP contribution is 2.32. The van der Waals surface area contributed by atoms with E-state index >= 15 is 0 Å². The molecule has 1 aromatic heterocycles. The molecule has 0 saturated carbocycles. The van der Waals surface area contributed by atoms with Crippen LogP contribution < -0.4 is 5.56 Å². The zero-order valence-electron chi connectivity index (χ0n) is 10.9. The number of aryl methyl sites for hydroxylation is 1. The fourth-order valence-electron chi connectivity index (χ4n) is 2.32. The number of fused-ring (bicyclic) bond motifs is 1. The quantitative estimate of drug-likeness (QED) is 0.747. The third-order valence-electron chi connectivity index (χ3n) is 3.27. The number of hydrogen-bond acceptors (Lipinski definition) is 2. The maximum Gasteiger partial charge on any atom is 0.258 e. The second kappa shape index (κ2) is 4.73. The van der Waals surface area contributed by atoms with Crippen molar-refractivity contribution in [1.29, 1.82) is 0 Å². The lowest BCUT2D eigenvalue weighted by Gasteiger charge is -2.10. The van der Waals surface area contributed by atoms with E-state index in [1.807, 2.05) is 0 Å². The Hall–Kier alpha value is -2.63. The Morgan fingerprint density at radius 2 is 1.90 bits per heavy atom. The van der Waals surface area contributed by atoms with Gasteiger partial charge in [0.15, 0.2) is 5.82 Å². The van der Waals surface area contributed by atoms with Gasteiger partial charge in [0.2, 0.25) is 0 Å². The summed E-state index contributed by atoms with van der Waals surface area (Å²) >= 11 is 0. The molecule has 0 bridgehead atoms. The van der Waals surface area contributed by atoms with Crippen molar-refractivity contribution in [1.82, 2.24) is 9.97 Å². The molecule has 3 nitrogen and oxygen atoms in total. The van der Waals surface area contributed by atoms with Gasteiger partial charge < -0.3 is 4.98 Å². The summed E-state index contributed by atoms with van der Waals surface area (Å²) in [5, 5.41) is 0.0822. The van der Waals surface area contributed by atoms with Gasteiger partial charge in [-0.15, -0.1) is 0 Å². The summed E-state index contributed by atoms with van der Waals surface area (Å²) in [5.41, 5.74) is -0.367. The van der Waals surface area contributed by atoms with E-state index < -0.39 is 23.0 Å². The topological polar surface area (TPSA) is 45.8 Å². The van der Waals surface area contributed by atoms with Crippen molar-refractivity contribution in [2.75, 3.05) is 0 Å². The van der Waals surface area contributed by atoms with Crippen LogP contribution in [0.25, 0.3) is 22.0 Å². The van der Waals surface area contributed by atoms with E-state index in [0.717, 1.165) is 18.5 Å². The van der Waals surface area contributed by atoms with Gasteiger partial charge in [-0.3, -0.25) is 4.79 Å². The predicted octanol–water partition coefficient (Wildman–Crippen LogP) is 3.32. The molecule has 0 fully saturated rings. The first-order chi connectivity index (χ1) is 9.99. The summed E-state index contributed by atoms with van der Waals surface area (Å²) < 4.78 is 41.5. The number of hydrogen-bond donors (Lipinski definition) is 1. The highest BCUT2D eigenvalue weighted by atomic mass is 19.1. The monoisotopic (exact) mass is 290 g/mol. The molecule has 3 aromatic rings. The van der Waals surface area contributed by atoms with Crippen molar-refractivity contribution in [2.45, 2.75) is 6.92 Å². The van der Waals surface area contributed by atoms with Gasteiger partial charge in [-0.25, -0.2) is 18.2 Å². The van der Waals surface area contributed by atoms with Crippen molar-refractivity contribution < 1.29 is 13.2 Å². The molecule has 106 valence electrons. The summed E-state index contributed by atoms with van der Waals surface area (Å²) in [6, 6.07) is 4.33. The largest absolute Gasteiger partial charge is 0.313 e. The van der Waals surface area contributed by atoms with Gasteiger partial charge >= 0.3 is 0 Å². The van der Waals surface area contributed by atoms with Crippen LogP contribution in [0.15, 0.2) is 35.4 Å². The summed E-state index contributed by atoms with van der Waals surface area (Å²) in [6.07, 6.45) is 1.08. The van der Waals surface area contributed by atoms with Crippen LogP contribution in [-0.2, 0) is 0 Å². The normalized spacial score (nSPS) is 11.0. The number of H-pyrrole nitrogens is 1. The molecule has 0 radical (unpaired) electrons. The second-order valence-electron chi connectivity index (χ2n) is 4.63. The average molecular weight is 290 g/mol. The summed E-state index contributed by atoms with van der Waals surface area (Å²) in [4.78, 5) is 17.8. The van der Waals surface area contributed by atoms with Gasteiger partial charge in [-0.1, -0.05) is 0 Å². The highest BCUT2D eigenvalue weighted by Gasteiger charge is 2.18. The smallest absolute Gasteiger partial charge is 0.258 e. The Labute approximate surface area is 117 Å². The zero-order valence-corrected chi connectivity index (χ0v) is 10.9. The van der Waals surface area contributed by atoms with E-state index in [1.165, 1.54) is 6.07 Å². The van der Waals surface area contributed by atoms with Crippen molar-refractivity contribution in [3.63, 3.8) is 0 Å². The van der Waals surface area contributed by atoms with Crippen molar-refractivity contribution in [2.24, 2.45) is 0 Å². The SMILES string of the molecule is Cc1cc2c(=O)[nH]cnc2c(F)c1-c1ccc(F)cc1F. The second-order valence-corrected chi connectivity index (χ2v) is 4.63. The first-order valence-corrected chi connectivity index (χ1v) is 6.11. The minimum Gasteiger partial charge on any atom is -0.313 e. The maximum atomic E-state index is 14.6. The van der Waals surface area contributed by atoms with Crippen LogP contribution >= 0.6 is 0 Å². The van der Waals surface area contributed by atoms with Crippen LogP contribution in [0, 0.1) is 24.4 Å². The average Bonchev–Trinajstić information content (AvgIpc) is 2.42. The first kappa shape index (κ1) is 13.4. The molecule has 0 aliphatic heterocycles. The fraction of sp³-hybridized carbons (Fsp3) is 0.0667. The van der Waals surface area contributed by atoms with Crippen molar-refractivity contribution in [3.8, 4) is 11.1 Å². The predicted molar refractivity (Wildman–Crippen MR) is 72.4 cm³/mol. The molecular formula is C15H9F3N2O. The molecule has 21 heavy (non-hydrogen) atoms. The van der Waals surface area contributed by atoms with Gasteiger partial charge in [-0.2, -0.15) is 0 Å². The molecule has 0 saturated heterocycles. The molecular weight excluding hydrogens is 281 g/mol. The highest BCUT2D eigenvalue weighted by molar-refractivity contribution is 5.86. The van der Waals surface area contributed by atoms with Gasteiger partial charge in [0.05, 0.1) is 11.7 Å². The van der Waals surface area contributed by atoms with E-state index in [1.54, 1.807) is 6.92 Å². The van der Waals surface area contributed by atoms with E-state index in [9.17, 15) is 18.0 Å². The Bertz CT molecular complexity index is 919. The minimum absolute atomic E-state index is 0.0295. The minimum atomic E-state index is -0.874. The zero-order chi connectivity index (χ0) is 15.1. The summed E-state index contributed by atoms with van der Waals surface area (Å²) in [6.45, 7) is 1.55. The Balaban J connectivity index is 2.41. The summed E-state index contributed by atoms with van der Waals surface area (Å²) in [5.74, 6) is -2.42. The third-order valence-corrected chi connectivity index (χ3v) is 3.27. The van der Waals surface area contributed by atoms with Crippen LogP contribution in [0.3, 0.4) is 0 Å².